The molecule has 0 amide bonds. The molecule has 124 valence electrons. The maximum absolute atomic E-state index is 10.7. The fourth-order valence-corrected chi connectivity index (χ4v) is 2.93. The molecule has 1 unspecified atom stereocenters. The Morgan fingerprint density at radius 1 is 1.27 bits per heavy atom. The normalized spacial score (nSPS) is 16.2. The molecule has 0 radical (unpaired) electrons. The van der Waals surface area contributed by atoms with Gasteiger partial charge in [0.1, 0.15) is 6.29 Å². The van der Waals surface area contributed by atoms with Crippen molar-refractivity contribution in [1.82, 2.24) is 4.90 Å². The first-order chi connectivity index (χ1) is 10.6. The van der Waals surface area contributed by atoms with Crippen LogP contribution in [0.25, 0.3) is 0 Å². The van der Waals surface area contributed by atoms with Gasteiger partial charge in [0.2, 0.25) is 0 Å². The predicted molar refractivity (Wildman–Crippen MR) is 95.4 cm³/mol. The molecule has 22 heavy (non-hydrogen) atoms. The lowest BCUT2D eigenvalue weighted by atomic mass is 9.95. The minimum absolute atomic E-state index is 0.0283. The number of hydrogen-bond donors (Lipinski definition) is 1. The van der Waals surface area contributed by atoms with Crippen LogP contribution in [0.2, 0.25) is 0 Å². The van der Waals surface area contributed by atoms with Gasteiger partial charge in [0.15, 0.2) is 0 Å². The molecule has 1 atom stereocenters. The third kappa shape index (κ3) is 7.43. The summed E-state index contributed by atoms with van der Waals surface area (Å²) >= 11 is 0.836. The minimum atomic E-state index is 0.0283. The van der Waals surface area contributed by atoms with Crippen LogP contribution in [0.5, 0.6) is 0 Å². The highest BCUT2D eigenvalue weighted by Gasteiger charge is 2.15. The molecule has 1 saturated carbocycles. The number of hydrogen-bond acceptors (Lipinski definition) is 4. The monoisotopic (exact) mass is 323 g/mol. The largest absolute Gasteiger partial charge is 0.329 e. The fraction of sp³-hybridized carbons (Fsp3) is 0.611. The molecule has 0 saturated heterocycles. The maximum Gasteiger partial charge on any atom is 0.127 e. The highest BCUT2D eigenvalue weighted by Crippen LogP contribution is 2.28. The molecular weight excluding hydrogens is 294 g/mol. The van der Waals surface area contributed by atoms with Gasteiger partial charge in [-0.25, -0.2) is 0 Å². The van der Waals surface area contributed by atoms with Crippen LogP contribution in [0.3, 0.4) is 0 Å². The standard InChI is InChI=1S/C15H20O.C3H9NOS/c1-12(11-16)15-8-6-14(7-9-15)10-13-4-2-3-5-13;1-4(2)3-6-5/h6-9,11-13H,2-5,10H2,1H3;5H,3H2,1-2H3. The summed E-state index contributed by atoms with van der Waals surface area (Å²) in [5.41, 5.74) is 2.55. The van der Waals surface area contributed by atoms with Crippen molar-refractivity contribution in [2.75, 3.05) is 20.0 Å². The summed E-state index contributed by atoms with van der Waals surface area (Å²) in [5.74, 6) is 1.61. The average molecular weight is 324 g/mol. The molecule has 1 fully saturated rings. The smallest absolute Gasteiger partial charge is 0.127 e. The second-order valence-corrected chi connectivity index (χ2v) is 6.88. The van der Waals surface area contributed by atoms with Gasteiger partial charge in [-0.2, -0.15) is 0 Å². The van der Waals surface area contributed by atoms with Crippen molar-refractivity contribution >= 4 is 18.3 Å². The van der Waals surface area contributed by atoms with E-state index in [9.17, 15) is 4.79 Å². The topological polar surface area (TPSA) is 40.5 Å². The van der Waals surface area contributed by atoms with E-state index in [1.54, 1.807) is 0 Å². The van der Waals surface area contributed by atoms with Crippen LogP contribution in [0.1, 0.15) is 49.7 Å². The van der Waals surface area contributed by atoms with Crippen molar-refractivity contribution in [3.05, 3.63) is 35.4 Å². The van der Waals surface area contributed by atoms with E-state index < -0.39 is 0 Å². The van der Waals surface area contributed by atoms with Gasteiger partial charge in [-0.15, -0.1) is 0 Å². The summed E-state index contributed by atoms with van der Waals surface area (Å²) in [5, 5.41) is 0. The van der Waals surface area contributed by atoms with Crippen molar-refractivity contribution in [1.29, 1.82) is 0 Å². The second kappa shape index (κ2) is 10.8. The molecule has 1 aliphatic rings. The molecule has 4 heteroatoms. The minimum Gasteiger partial charge on any atom is -0.329 e. The van der Waals surface area contributed by atoms with Crippen LogP contribution >= 0.6 is 12.0 Å². The predicted octanol–water partition coefficient (Wildman–Crippen LogP) is 4.43. The molecule has 0 aromatic heterocycles. The fourth-order valence-electron chi connectivity index (χ4n) is 2.70. The van der Waals surface area contributed by atoms with Gasteiger partial charge < -0.3 is 9.35 Å². The van der Waals surface area contributed by atoms with E-state index in [-0.39, 0.29) is 5.92 Å². The molecular formula is C18H29NO2S. The molecule has 2 rings (SSSR count). The van der Waals surface area contributed by atoms with E-state index in [1.807, 2.05) is 25.9 Å². The van der Waals surface area contributed by atoms with E-state index in [0.29, 0.717) is 5.88 Å². The molecule has 0 spiro atoms. The first kappa shape index (κ1) is 19.2. The number of rotatable bonds is 6. The Morgan fingerprint density at radius 3 is 2.27 bits per heavy atom. The first-order valence-corrected chi connectivity index (χ1v) is 8.96. The summed E-state index contributed by atoms with van der Waals surface area (Å²) in [7, 11) is 3.81. The summed E-state index contributed by atoms with van der Waals surface area (Å²) in [4.78, 5) is 12.6. The Morgan fingerprint density at radius 2 is 1.86 bits per heavy atom. The van der Waals surface area contributed by atoms with Gasteiger partial charge in [-0.05, 0) is 37.6 Å². The highest BCUT2D eigenvalue weighted by molar-refractivity contribution is 7.93. The van der Waals surface area contributed by atoms with Gasteiger partial charge >= 0.3 is 0 Å². The summed E-state index contributed by atoms with van der Waals surface area (Å²) < 4.78 is 8.11. The Bertz CT molecular complexity index is 414. The van der Waals surface area contributed by atoms with Gasteiger partial charge in [0, 0.05) is 18.0 Å². The average Bonchev–Trinajstić information content (AvgIpc) is 3.01. The molecule has 1 aromatic carbocycles. The summed E-state index contributed by atoms with van der Waals surface area (Å²) in [6.07, 6.45) is 7.83. The Hall–Kier alpha value is -0.840. The van der Waals surface area contributed by atoms with Gasteiger partial charge in [-0.1, -0.05) is 56.9 Å². The molecule has 1 aliphatic carbocycles. The van der Waals surface area contributed by atoms with Crippen molar-refractivity contribution in [2.45, 2.75) is 44.9 Å². The zero-order valence-corrected chi connectivity index (χ0v) is 14.8. The van der Waals surface area contributed by atoms with E-state index in [0.717, 1.165) is 29.8 Å². The number of aldehydes is 1. The molecule has 1 aromatic rings. The van der Waals surface area contributed by atoms with E-state index >= 15 is 0 Å². The Balaban J connectivity index is 0.000000346. The van der Waals surface area contributed by atoms with E-state index in [4.69, 9.17) is 4.55 Å². The molecule has 0 bridgehead atoms. The van der Waals surface area contributed by atoms with Gasteiger partial charge in [0.05, 0.1) is 5.88 Å². The molecule has 0 heterocycles. The maximum atomic E-state index is 10.7. The lowest BCUT2D eigenvalue weighted by Gasteiger charge is -2.10. The van der Waals surface area contributed by atoms with Crippen molar-refractivity contribution in [2.24, 2.45) is 5.92 Å². The zero-order chi connectivity index (χ0) is 16.4. The second-order valence-electron chi connectivity index (χ2n) is 6.36. The first-order valence-electron chi connectivity index (χ1n) is 8.02. The molecule has 3 nitrogen and oxygen atoms in total. The lowest BCUT2D eigenvalue weighted by molar-refractivity contribution is -0.108. The van der Waals surface area contributed by atoms with Crippen molar-refractivity contribution < 1.29 is 9.35 Å². The van der Waals surface area contributed by atoms with Crippen LogP contribution in [0.4, 0.5) is 0 Å². The lowest BCUT2D eigenvalue weighted by Crippen LogP contribution is -2.08. The number of carbonyl (C=O) groups excluding carboxylic acids is 1. The van der Waals surface area contributed by atoms with Crippen molar-refractivity contribution in [3.63, 3.8) is 0 Å². The third-order valence-electron chi connectivity index (χ3n) is 4.02. The van der Waals surface area contributed by atoms with Gasteiger partial charge in [-0.3, -0.25) is 4.90 Å². The highest BCUT2D eigenvalue weighted by atomic mass is 32.2. The van der Waals surface area contributed by atoms with Crippen LogP contribution in [-0.4, -0.2) is 35.7 Å². The van der Waals surface area contributed by atoms with Crippen molar-refractivity contribution in [3.8, 4) is 0 Å². The SMILES string of the molecule is CC(C=O)c1ccc(CC2CCCC2)cc1.CN(C)CSO. The molecule has 0 aliphatic heterocycles. The Labute approximate surface area is 139 Å². The number of nitrogens with zero attached hydrogens (tertiary/aromatic N) is 1. The van der Waals surface area contributed by atoms with Crippen LogP contribution < -0.4 is 0 Å². The summed E-state index contributed by atoms with van der Waals surface area (Å²) in [6, 6.07) is 8.58. The number of carbonyl (C=O) groups is 1. The Kier molecular flexibility index (Phi) is 9.44. The zero-order valence-electron chi connectivity index (χ0n) is 14.0. The van der Waals surface area contributed by atoms with Crippen LogP contribution in [0, 0.1) is 5.92 Å². The van der Waals surface area contributed by atoms with E-state index in [1.165, 1.54) is 37.7 Å². The van der Waals surface area contributed by atoms with Gasteiger partial charge in [0.25, 0.3) is 0 Å². The third-order valence-corrected chi connectivity index (χ3v) is 4.66. The van der Waals surface area contributed by atoms with E-state index in [2.05, 4.69) is 24.3 Å². The number of benzene rings is 1. The van der Waals surface area contributed by atoms with Crippen LogP contribution in [-0.2, 0) is 11.2 Å². The quantitative estimate of drug-likeness (QED) is 0.477. The molecule has 1 N–H and O–H groups in total. The van der Waals surface area contributed by atoms with Crippen LogP contribution in [0.15, 0.2) is 24.3 Å². The summed E-state index contributed by atoms with van der Waals surface area (Å²) in [6.45, 7) is 1.94.